The van der Waals surface area contributed by atoms with Crippen molar-refractivity contribution in [3.05, 3.63) is 15.0 Å². The van der Waals surface area contributed by atoms with Gasteiger partial charge in [0.15, 0.2) is 3.92 Å². The van der Waals surface area contributed by atoms with Gasteiger partial charge in [0, 0.05) is 24.4 Å². The van der Waals surface area contributed by atoms with Crippen LogP contribution in [0.4, 0.5) is 4.79 Å². The molecule has 1 aromatic heterocycles. The smallest absolute Gasteiger partial charge is 0.410 e. The van der Waals surface area contributed by atoms with Gasteiger partial charge in [0.2, 0.25) is 0 Å². The third-order valence-corrected chi connectivity index (χ3v) is 4.58. The number of ether oxygens (including phenoxy) is 1. The first-order chi connectivity index (χ1) is 9.26. The van der Waals surface area contributed by atoms with E-state index in [-0.39, 0.29) is 18.2 Å². The van der Waals surface area contributed by atoms with Crippen LogP contribution >= 0.6 is 27.3 Å². The Balaban J connectivity index is 2.06. The van der Waals surface area contributed by atoms with E-state index >= 15 is 0 Å². The Labute approximate surface area is 131 Å². The molecular weight excluding hydrogens is 342 g/mol. The zero-order valence-electron chi connectivity index (χ0n) is 11.9. The molecule has 112 valence electrons. The van der Waals surface area contributed by atoms with E-state index in [4.69, 9.17) is 10.5 Å². The summed E-state index contributed by atoms with van der Waals surface area (Å²) in [7, 11) is 0. The zero-order chi connectivity index (χ0) is 14.9. The van der Waals surface area contributed by atoms with Gasteiger partial charge in [-0.15, -0.1) is 11.3 Å². The summed E-state index contributed by atoms with van der Waals surface area (Å²) in [4.78, 5) is 18.4. The monoisotopic (exact) mass is 361 g/mol. The number of halogens is 1. The maximum absolute atomic E-state index is 12.2. The minimum absolute atomic E-state index is 0.0250. The summed E-state index contributed by atoms with van der Waals surface area (Å²) in [5.41, 5.74) is 6.61. The van der Waals surface area contributed by atoms with Crippen LogP contribution in [-0.4, -0.2) is 40.2 Å². The van der Waals surface area contributed by atoms with Crippen molar-refractivity contribution in [3.8, 4) is 0 Å². The highest BCUT2D eigenvalue weighted by molar-refractivity contribution is 9.11. The first kappa shape index (κ1) is 15.7. The van der Waals surface area contributed by atoms with Crippen molar-refractivity contribution in [1.82, 2.24) is 9.88 Å². The lowest BCUT2D eigenvalue weighted by Gasteiger charge is -2.29. The number of amides is 1. The topological polar surface area (TPSA) is 68.5 Å². The average molecular weight is 362 g/mol. The van der Waals surface area contributed by atoms with Crippen molar-refractivity contribution >= 4 is 33.4 Å². The summed E-state index contributed by atoms with van der Waals surface area (Å²) in [5.74, 6) is 0. The number of nitrogens with two attached hydrogens (primary N) is 1. The van der Waals surface area contributed by atoms with Crippen LogP contribution in [0, 0.1) is 0 Å². The van der Waals surface area contributed by atoms with Crippen LogP contribution in [0.25, 0.3) is 0 Å². The lowest BCUT2D eigenvalue weighted by Crippen LogP contribution is -2.46. The number of hydrogen-bond acceptors (Lipinski definition) is 5. The Morgan fingerprint density at radius 1 is 1.65 bits per heavy atom. The van der Waals surface area contributed by atoms with Gasteiger partial charge in [0.05, 0.1) is 11.7 Å². The number of nitrogens with zero attached hydrogens (tertiary/aromatic N) is 2. The maximum Gasteiger partial charge on any atom is 0.410 e. The first-order valence-electron chi connectivity index (χ1n) is 6.61. The molecule has 0 spiro atoms. The molecule has 5 nitrogen and oxygen atoms in total. The molecule has 7 heteroatoms. The van der Waals surface area contributed by atoms with Gasteiger partial charge in [-0.1, -0.05) is 0 Å². The molecule has 20 heavy (non-hydrogen) atoms. The minimum atomic E-state index is -0.488. The van der Waals surface area contributed by atoms with Crippen molar-refractivity contribution in [1.29, 1.82) is 0 Å². The summed E-state index contributed by atoms with van der Waals surface area (Å²) >= 11 is 4.89. The number of hydrogen-bond donors (Lipinski definition) is 1. The van der Waals surface area contributed by atoms with Crippen LogP contribution in [0.5, 0.6) is 0 Å². The zero-order valence-corrected chi connectivity index (χ0v) is 14.3. The molecule has 2 rings (SSSR count). The lowest BCUT2D eigenvalue weighted by atomic mass is 10.1. The highest BCUT2D eigenvalue weighted by atomic mass is 79.9. The summed E-state index contributed by atoms with van der Waals surface area (Å²) in [5, 5.41) is 1.99. The molecule has 1 amide bonds. The van der Waals surface area contributed by atoms with E-state index in [1.165, 1.54) is 11.3 Å². The van der Waals surface area contributed by atoms with Crippen molar-refractivity contribution in [2.24, 2.45) is 5.73 Å². The second kappa shape index (κ2) is 5.99. The molecule has 0 unspecified atom stereocenters. The molecule has 0 radical (unpaired) electrons. The molecule has 1 aromatic rings. The molecule has 2 heterocycles. The lowest BCUT2D eigenvalue weighted by molar-refractivity contribution is 0.0220. The maximum atomic E-state index is 12.2. The highest BCUT2D eigenvalue weighted by Gasteiger charge is 2.37. The standard InChI is InChI=1S/C13H20BrN3O2S/c1-13(2,3)19-12(18)17-5-4-9(15)10(17)6-8-7-20-11(14)16-8/h7,9-10H,4-6,15H2,1-3H3/t9-,10-/m0/s1. The average Bonchev–Trinajstić information content (AvgIpc) is 2.85. The first-order valence-corrected chi connectivity index (χ1v) is 8.28. The second-order valence-corrected chi connectivity index (χ2v) is 8.12. The second-order valence-electron chi connectivity index (χ2n) is 5.99. The summed E-state index contributed by atoms with van der Waals surface area (Å²) in [6.07, 6.45) is 1.18. The third kappa shape index (κ3) is 3.93. The fourth-order valence-corrected chi connectivity index (χ4v) is 3.34. The van der Waals surface area contributed by atoms with Gasteiger partial charge in [0.1, 0.15) is 5.60 Å². The number of carbonyl (C=O) groups is 1. The number of aromatic nitrogens is 1. The quantitative estimate of drug-likeness (QED) is 0.879. The van der Waals surface area contributed by atoms with E-state index in [1.807, 2.05) is 26.2 Å². The van der Waals surface area contributed by atoms with E-state index in [0.717, 1.165) is 16.0 Å². The number of thiazole rings is 1. The molecule has 1 fully saturated rings. The van der Waals surface area contributed by atoms with E-state index in [0.29, 0.717) is 13.0 Å². The summed E-state index contributed by atoms with van der Waals surface area (Å²) in [6, 6.07) is -0.0677. The number of rotatable bonds is 2. The fourth-order valence-electron chi connectivity index (χ4n) is 2.28. The van der Waals surface area contributed by atoms with Gasteiger partial charge in [-0.2, -0.15) is 0 Å². The normalized spacial score (nSPS) is 23.1. The predicted octanol–water partition coefficient (Wildman–Crippen LogP) is 2.78. The van der Waals surface area contributed by atoms with E-state index in [2.05, 4.69) is 20.9 Å². The van der Waals surface area contributed by atoms with Crippen LogP contribution in [-0.2, 0) is 11.2 Å². The molecule has 2 N–H and O–H groups in total. The summed E-state index contributed by atoms with van der Waals surface area (Å²) < 4.78 is 6.30. The molecular formula is C13H20BrN3O2S. The fraction of sp³-hybridized carbons (Fsp3) is 0.692. The van der Waals surface area contributed by atoms with E-state index in [1.54, 1.807) is 4.90 Å². The molecule has 0 aliphatic carbocycles. The van der Waals surface area contributed by atoms with Gasteiger partial charge in [0.25, 0.3) is 0 Å². The predicted molar refractivity (Wildman–Crippen MR) is 82.8 cm³/mol. The molecule has 1 aliphatic rings. The van der Waals surface area contributed by atoms with Gasteiger partial charge < -0.3 is 15.4 Å². The Bertz CT molecular complexity index is 486. The molecule has 0 bridgehead atoms. The van der Waals surface area contributed by atoms with Gasteiger partial charge in [-0.05, 0) is 43.1 Å². The Hall–Kier alpha value is -0.660. The van der Waals surface area contributed by atoms with Crippen LogP contribution < -0.4 is 5.73 Å². The van der Waals surface area contributed by atoms with Crippen LogP contribution in [0.3, 0.4) is 0 Å². The Morgan fingerprint density at radius 2 is 2.35 bits per heavy atom. The SMILES string of the molecule is CC(C)(C)OC(=O)N1CC[C@H](N)[C@@H]1Cc1csc(Br)n1. The van der Waals surface area contributed by atoms with Crippen molar-refractivity contribution in [2.75, 3.05) is 6.54 Å². The molecule has 1 aliphatic heterocycles. The van der Waals surface area contributed by atoms with Crippen LogP contribution in [0.1, 0.15) is 32.9 Å². The van der Waals surface area contributed by atoms with Crippen LogP contribution in [0.2, 0.25) is 0 Å². The number of likely N-dealkylation sites (tertiary alicyclic amines) is 1. The van der Waals surface area contributed by atoms with Crippen molar-refractivity contribution < 1.29 is 9.53 Å². The Kier molecular flexibility index (Phi) is 4.71. The van der Waals surface area contributed by atoms with Gasteiger partial charge >= 0.3 is 6.09 Å². The van der Waals surface area contributed by atoms with E-state index in [9.17, 15) is 4.79 Å². The molecule has 1 saturated heterocycles. The van der Waals surface area contributed by atoms with Crippen LogP contribution in [0.15, 0.2) is 9.30 Å². The van der Waals surface area contributed by atoms with Gasteiger partial charge in [-0.3, -0.25) is 0 Å². The molecule has 2 atom stereocenters. The highest BCUT2D eigenvalue weighted by Crippen LogP contribution is 2.25. The summed E-state index contributed by atoms with van der Waals surface area (Å²) in [6.45, 7) is 6.25. The largest absolute Gasteiger partial charge is 0.444 e. The molecule has 0 aromatic carbocycles. The van der Waals surface area contributed by atoms with Crippen molar-refractivity contribution in [3.63, 3.8) is 0 Å². The van der Waals surface area contributed by atoms with Gasteiger partial charge in [-0.25, -0.2) is 9.78 Å². The van der Waals surface area contributed by atoms with Crippen molar-refractivity contribution in [2.45, 2.75) is 51.3 Å². The third-order valence-electron chi connectivity index (χ3n) is 3.17. The van der Waals surface area contributed by atoms with E-state index < -0.39 is 5.60 Å². The Morgan fingerprint density at radius 3 is 2.90 bits per heavy atom. The number of carbonyl (C=O) groups excluding carboxylic acids is 1. The minimum Gasteiger partial charge on any atom is -0.444 e. The molecule has 0 saturated carbocycles.